The molecule has 0 radical (unpaired) electrons. The smallest absolute Gasteiger partial charge is 0.227 e. The quantitative estimate of drug-likeness (QED) is 0.870. The largest absolute Gasteiger partial charge is 0.341 e. The van der Waals surface area contributed by atoms with Crippen LogP contribution >= 0.6 is 23.6 Å². The summed E-state index contributed by atoms with van der Waals surface area (Å²) >= 11 is 6.62. The molecule has 0 spiro atoms. The SMILES string of the molecule is CCN1CCN(C(=O)Cc2sc(=S)[nH]c2C)CC1C. The van der Waals surface area contributed by atoms with Gasteiger partial charge in [-0.15, -0.1) is 11.3 Å². The molecule has 0 aliphatic carbocycles. The minimum absolute atomic E-state index is 0.218. The van der Waals surface area contributed by atoms with Crippen molar-refractivity contribution in [2.75, 3.05) is 26.2 Å². The molecule has 1 N–H and O–H groups in total. The number of H-pyrrole nitrogens is 1. The van der Waals surface area contributed by atoms with Crippen molar-refractivity contribution >= 4 is 29.5 Å². The molecule has 1 aromatic heterocycles. The van der Waals surface area contributed by atoms with Gasteiger partial charge in [0.2, 0.25) is 5.91 Å². The van der Waals surface area contributed by atoms with Crippen LogP contribution in [0.25, 0.3) is 0 Å². The summed E-state index contributed by atoms with van der Waals surface area (Å²) in [7, 11) is 0. The molecule has 2 heterocycles. The van der Waals surface area contributed by atoms with E-state index in [0.29, 0.717) is 12.5 Å². The second kappa shape index (κ2) is 6.15. The number of rotatable bonds is 3. The number of nitrogens with zero attached hydrogens (tertiary/aromatic N) is 2. The average molecular weight is 299 g/mol. The second-order valence-corrected chi connectivity index (χ2v) is 6.83. The van der Waals surface area contributed by atoms with Gasteiger partial charge in [0.1, 0.15) is 0 Å². The lowest BCUT2D eigenvalue weighted by Crippen LogP contribution is -2.53. The van der Waals surface area contributed by atoms with E-state index in [0.717, 1.165) is 40.7 Å². The first-order valence-electron chi connectivity index (χ1n) is 6.71. The fourth-order valence-corrected chi connectivity index (χ4v) is 3.83. The Morgan fingerprint density at radius 2 is 2.26 bits per heavy atom. The van der Waals surface area contributed by atoms with Crippen LogP contribution in [0.3, 0.4) is 0 Å². The third-order valence-electron chi connectivity index (χ3n) is 3.76. The summed E-state index contributed by atoms with van der Waals surface area (Å²) in [6, 6.07) is 0.452. The predicted molar refractivity (Wildman–Crippen MR) is 81.2 cm³/mol. The lowest BCUT2D eigenvalue weighted by atomic mass is 10.1. The van der Waals surface area contributed by atoms with Gasteiger partial charge >= 0.3 is 0 Å². The number of carbonyl (C=O) groups excluding carboxylic acids is 1. The van der Waals surface area contributed by atoms with Crippen LogP contribution < -0.4 is 0 Å². The van der Waals surface area contributed by atoms with Crippen LogP contribution in [0, 0.1) is 10.9 Å². The van der Waals surface area contributed by atoms with Crippen LogP contribution in [0.4, 0.5) is 0 Å². The highest BCUT2D eigenvalue weighted by Gasteiger charge is 2.26. The van der Waals surface area contributed by atoms with E-state index in [1.165, 1.54) is 11.3 Å². The number of nitrogens with one attached hydrogen (secondary N) is 1. The first-order chi connectivity index (χ1) is 9.01. The zero-order valence-corrected chi connectivity index (χ0v) is 13.4. The van der Waals surface area contributed by atoms with Gasteiger partial charge in [0.05, 0.1) is 6.42 Å². The first kappa shape index (κ1) is 14.7. The Bertz CT molecular complexity index is 508. The summed E-state index contributed by atoms with van der Waals surface area (Å²) in [5.74, 6) is 0.218. The third-order valence-corrected chi connectivity index (χ3v) is 5.10. The summed E-state index contributed by atoms with van der Waals surface area (Å²) in [6.45, 7) is 10.0. The van der Waals surface area contributed by atoms with Crippen molar-refractivity contribution in [2.45, 2.75) is 33.2 Å². The Labute approximate surface area is 123 Å². The maximum Gasteiger partial charge on any atom is 0.227 e. The number of aromatic amines is 1. The average Bonchev–Trinajstić information content (AvgIpc) is 2.67. The van der Waals surface area contributed by atoms with Crippen molar-refractivity contribution in [3.63, 3.8) is 0 Å². The molecule has 1 aliphatic heterocycles. The molecule has 106 valence electrons. The molecule has 1 aromatic rings. The molecule has 19 heavy (non-hydrogen) atoms. The van der Waals surface area contributed by atoms with Crippen LogP contribution in [0.2, 0.25) is 0 Å². The summed E-state index contributed by atoms with van der Waals surface area (Å²) < 4.78 is 0.754. The number of amides is 1. The summed E-state index contributed by atoms with van der Waals surface area (Å²) in [4.78, 5) is 20.9. The molecule has 1 atom stereocenters. The lowest BCUT2D eigenvalue weighted by Gasteiger charge is -2.39. The van der Waals surface area contributed by atoms with Gasteiger partial charge in [-0.1, -0.05) is 6.92 Å². The van der Waals surface area contributed by atoms with E-state index in [9.17, 15) is 4.79 Å². The fourth-order valence-electron chi connectivity index (χ4n) is 2.55. The van der Waals surface area contributed by atoms with E-state index in [4.69, 9.17) is 12.2 Å². The molecule has 1 aliphatic rings. The molecule has 0 bridgehead atoms. The van der Waals surface area contributed by atoms with E-state index in [2.05, 4.69) is 23.7 Å². The number of aromatic nitrogens is 1. The van der Waals surface area contributed by atoms with Crippen molar-refractivity contribution in [1.29, 1.82) is 0 Å². The third kappa shape index (κ3) is 3.43. The van der Waals surface area contributed by atoms with Crippen LogP contribution in [0.5, 0.6) is 0 Å². The standard InChI is InChI=1S/C13H21N3OS2/c1-4-15-5-6-16(8-9(15)2)12(17)7-11-10(3)14-13(18)19-11/h9H,4-8H2,1-3H3,(H,14,18). The number of thiazole rings is 1. The Balaban J connectivity index is 1.98. The number of hydrogen-bond donors (Lipinski definition) is 1. The van der Waals surface area contributed by atoms with Gasteiger partial charge in [-0.3, -0.25) is 9.69 Å². The van der Waals surface area contributed by atoms with E-state index in [1.807, 2.05) is 11.8 Å². The van der Waals surface area contributed by atoms with E-state index >= 15 is 0 Å². The van der Waals surface area contributed by atoms with Crippen molar-refractivity contribution in [2.24, 2.45) is 0 Å². The van der Waals surface area contributed by atoms with Gasteiger partial charge in [0.25, 0.3) is 0 Å². The molecule has 4 nitrogen and oxygen atoms in total. The summed E-state index contributed by atoms with van der Waals surface area (Å²) in [6.07, 6.45) is 0.475. The molecule has 1 amide bonds. The molecular formula is C13H21N3OS2. The normalized spacial score (nSPS) is 20.8. The molecule has 1 fully saturated rings. The number of piperazine rings is 1. The number of likely N-dealkylation sites (N-methyl/N-ethyl adjacent to an activating group) is 1. The van der Waals surface area contributed by atoms with Crippen LogP contribution in [-0.4, -0.2) is 52.9 Å². The fraction of sp³-hybridized carbons (Fsp3) is 0.692. The molecule has 0 aromatic carbocycles. The Morgan fingerprint density at radius 3 is 2.79 bits per heavy atom. The van der Waals surface area contributed by atoms with Gasteiger partial charge in [-0.05, 0) is 32.6 Å². The van der Waals surface area contributed by atoms with E-state index < -0.39 is 0 Å². The molecule has 6 heteroatoms. The van der Waals surface area contributed by atoms with Gasteiger partial charge in [-0.2, -0.15) is 0 Å². The predicted octanol–water partition coefficient (Wildman–Crippen LogP) is 2.21. The maximum atomic E-state index is 12.3. The van der Waals surface area contributed by atoms with Crippen LogP contribution in [0.1, 0.15) is 24.4 Å². The number of hydrogen-bond acceptors (Lipinski definition) is 4. The second-order valence-electron chi connectivity index (χ2n) is 5.06. The number of carbonyl (C=O) groups is 1. The Morgan fingerprint density at radius 1 is 1.53 bits per heavy atom. The monoisotopic (exact) mass is 299 g/mol. The molecule has 1 unspecified atom stereocenters. The van der Waals surface area contributed by atoms with Gasteiger partial charge in [0, 0.05) is 36.2 Å². The maximum absolute atomic E-state index is 12.3. The van der Waals surface area contributed by atoms with Gasteiger partial charge in [0.15, 0.2) is 3.95 Å². The van der Waals surface area contributed by atoms with Crippen molar-refractivity contribution in [1.82, 2.24) is 14.8 Å². The highest BCUT2D eigenvalue weighted by Crippen LogP contribution is 2.17. The highest BCUT2D eigenvalue weighted by atomic mass is 32.1. The van der Waals surface area contributed by atoms with Crippen molar-refractivity contribution in [3.05, 3.63) is 14.5 Å². The van der Waals surface area contributed by atoms with Crippen molar-refractivity contribution in [3.8, 4) is 0 Å². The lowest BCUT2D eigenvalue weighted by molar-refractivity contribution is -0.133. The van der Waals surface area contributed by atoms with Crippen molar-refractivity contribution < 1.29 is 4.79 Å². The minimum atomic E-state index is 0.218. The molecule has 1 saturated heterocycles. The molecule has 0 saturated carbocycles. The van der Waals surface area contributed by atoms with Crippen LogP contribution in [0.15, 0.2) is 0 Å². The minimum Gasteiger partial charge on any atom is -0.341 e. The topological polar surface area (TPSA) is 39.3 Å². The van der Waals surface area contributed by atoms with Gasteiger partial charge in [-0.25, -0.2) is 0 Å². The first-order valence-corrected chi connectivity index (χ1v) is 7.94. The summed E-state index contributed by atoms with van der Waals surface area (Å²) in [5.41, 5.74) is 1.03. The Hall–Kier alpha value is -0.720. The van der Waals surface area contributed by atoms with E-state index in [1.54, 1.807) is 0 Å². The summed E-state index contributed by atoms with van der Waals surface area (Å²) in [5, 5.41) is 0. The van der Waals surface area contributed by atoms with Gasteiger partial charge < -0.3 is 9.88 Å². The molecular weight excluding hydrogens is 278 g/mol. The molecule has 2 rings (SSSR count). The zero-order chi connectivity index (χ0) is 14.0. The Kier molecular flexibility index (Phi) is 4.76. The zero-order valence-electron chi connectivity index (χ0n) is 11.7. The van der Waals surface area contributed by atoms with Crippen LogP contribution in [-0.2, 0) is 11.2 Å². The number of aryl methyl sites for hydroxylation is 1. The van der Waals surface area contributed by atoms with E-state index in [-0.39, 0.29) is 5.91 Å². The highest BCUT2D eigenvalue weighted by molar-refractivity contribution is 7.73.